The Morgan fingerprint density at radius 1 is 1.15 bits per heavy atom. The molecular formula is C25H24F3NO3S. The minimum absolute atomic E-state index is 0.0821. The van der Waals surface area contributed by atoms with Gasteiger partial charge in [-0.2, -0.15) is 13.2 Å². The number of carbonyl (C=O) groups excluding carboxylic acids is 1. The lowest BCUT2D eigenvalue weighted by atomic mass is 10.1. The lowest BCUT2D eigenvalue weighted by molar-refractivity contribution is -0.137. The molecule has 0 amide bonds. The summed E-state index contributed by atoms with van der Waals surface area (Å²) in [6.45, 7) is 5.93. The summed E-state index contributed by atoms with van der Waals surface area (Å²) in [5.41, 5.74) is 2.02. The summed E-state index contributed by atoms with van der Waals surface area (Å²) in [6, 6.07) is 10.1. The number of alkyl halides is 3. The Morgan fingerprint density at radius 3 is 2.42 bits per heavy atom. The largest absolute Gasteiger partial charge is 0.467 e. The van der Waals surface area contributed by atoms with Gasteiger partial charge < -0.3 is 9.47 Å². The summed E-state index contributed by atoms with van der Waals surface area (Å²) in [5, 5.41) is 0.606. The number of carbonyl (C=O) groups is 1. The predicted octanol–water partition coefficient (Wildman–Crippen LogP) is 7.14. The minimum atomic E-state index is -4.38. The zero-order valence-electron chi connectivity index (χ0n) is 18.7. The van der Waals surface area contributed by atoms with Crippen LogP contribution in [-0.4, -0.2) is 24.7 Å². The van der Waals surface area contributed by atoms with Gasteiger partial charge in [0.15, 0.2) is 12.6 Å². The van der Waals surface area contributed by atoms with Crippen molar-refractivity contribution < 1.29 is 27.4 Å². The number of rotatable bonds is 8. The van der Waals surface area contributed by atoms with Crippen LogP contribution in [-0.2, 0) is 10.9 Å². The Hall–Kier alpha value is -2.97. The molecule has 33 heavy (non-hydrogen) atoms. The number of methoxy groups -OCH3 is 1. The highest BCUT2D eigenvalue weighted by Crippen LogP contribution is 2.35. The molecule has 0 radical (unpaired) electrons. The molecule has 0 saturated carbocycles. The van der Waals surface area contributed by atoms with Crippen molar-refractivity contribution in [2.45, 2.75) is 32.9 Å². The van der Waals surface area contributed by atoms with Gasteiger partial charge in [-0.1, -0.05) is 26.0 Å². The zero-order chi connectivity index (χ0) is 24.2. The monoisotopic (exact) mass is 475 g/mol. The van der Waals surface area contributed by atoms with Gasteiger partial charge in [-0.05, 0) is 60.9 Å². The second-order valence-corrected chi connectivity index (χ2v) is 8.76. The number of aromatic nitrogens is 1. The molecule has 174 valence electrons. The van der Waals surface area contributed by atoms with Gasteiger partial charge in [0.05, 0.1) is 16.1 Å². The number of allylic oxidation sites excluding steroid dienone is 1. The van der Waals surface area contributed by atoms with Crippen molar-refractivity contribution in [3.05, 3.63) is 75.8 Å². The van der Waals surface area contributed by atoms with Crippen LogP contribution in [0.1, 0.15) is 51.8 Å². The van der Waals surface area contributed by atoms with E-state index in [4.69, 9.17) is 9.47 Å². The molecule has 8 heteroatoms. The topological polar surface area (TPSA) is 48.4 Å². The van der Waals surface area contributed by atoms with Gasteiger partial charge in [0, 0.05) is 18.2 Å². The fourth-order valence-corrected chi connectivity index (χ4v) is 4.26. The van der Waals surface area contributed by atoms with E-state index >= 15 is 0 Å². The maximum Gasteiger partial charge on any atom is 0.416 e. The molecule has 0 aliphatic heterocycles. The molecule has 0 saturated heterocycles. The second kappa shape index (κ2) is 10.3. The van der Waals surface area contributed by atoms with Gasteiger partial charge >= 0.3 is 6.18 Å². The third-order valence-electron chi connectivity index (χ3n) is 4.86. The molecule has 0 atom stereocenters. The first kappa shape index (κ1) is 24.7. The van der Waals surface area contributed by atoms with Crippen molar-refractivity contribution in [2.24, 2.45) is 0 Å². The molecule has 0 N–H and O–H groups in total. The van der Waals surface area contributed by atoms with Crippen LogP contribution in [0.3, 0.4) is 0 Å². The quantitative estimate of drug-likeness (QED) is 0.197. The summed E-state index contributed by atoms with van der Waals surface area (Å²) in [5.74, 6) is 0.553. The molecular weight excluding hydrogens is 451 g/mol. The van der Waals surface area contributed by atoms with Crippen LogP contribution in [0.25, 0.3) is 16.6 Å². The number of thiazole rings is 1. The molecule has 3 aromatic rings. The van der Waals surface area contributed by atoms with Crippen molar-refractivity contribution in [1.82, 2.24) is 4.98 Å². The molecule has 1 heterocycles. The number of benzene rings is 2. The average molecular weight is 476 g/mol. The molecule has 0 unspecified atom stereocenters. The standard InChI is InChI=1S/C25H24F3NO3S/c1-15(2)23-22(33-24(29-23)17-5-8-19(9-6-17)25(26,27)28)12-10-20(30)18-7-11-21(16(3)13-18)32-14-31-4/h5-13,15H,14H2,1-4H3. The van der Waals surface area contributed by atoms with E-state index in [0.29, 0.717) is 21.9 Å². The number of halogens is 3. The van der Waals surface area contributed by atoms with Crippen molar-refractivity contribution in [3.63, 3.8) is 0 Å². The number of ketones is 1. The molecule has 2 aromatic carbocycles. The first-order valence-electron chi connectivity index (χ1n) is 10.2. The normalized spacial score (nSPS) is 12.0. The van der Waals surface area contributed by atoms with Gasteiger partial charge in [-0.15, -0.1) is 11.3 Å². The summed E-state index contributed by atoms with van der Waals surface area (Å²) in [7, 11) is 1.53. The fraction of sp³-hybridized carbons (Fsp3) is 0.280. The molecule has 0 fully saturated rings. The minimum Gasteiger partial charge on any atom is -0.467 e. The summed E-state index contributed by atoms with van der Waals surface area (Å²) >= 11 is 1.34. The van der Waals surface area contributed by atoms with Gasteiger partial charge in [-0.3, -0.25) is 4.79 Å². The third-order valence-corrected chi connectivity index (χ3v) is 5.95. The van der Waals surface area contributed by atoms with Crippen molar-refractivity contribution in [3.8, 4) is 16.3 Å². The summed E-state index contributed by atoms with van der Waals surface area (Å²) in [6.07, 6.45) is -1.18. The van der Waals surface area contributed by atoms with Crippen LogP contribution in [0.2, 0.25) is 0 Å². The molecule has 3 rings (SSSR count). The van der Waals surface area contributed by atoms with E-state index in [0.717, 1.165) is 28.3 Å². The van der Waals surface area contributed by atoms with E-state index in [9.17, 15) is 18.0 Å². The Morgan fingerprint density at radius 2 is 1.85 bits per heavy atom. The first-order valence-corrected chi connectivity index (χ1v) is 11.0. The average Bonchev–Trinajstić information content (AvgIpc) is 3.21. The van der Waals surface area contributed by atoms with Crippen LogP contribution >= 0.6 is 11.3 Å². The van der Waals surface area contributed by atoms with Gasteiger partial charge in [0.2, 0.25) is 0 Å². The highest BCUT2D eigenvalue weighted by Gasteiger charge is 2.30. The van der Waals surface area contributed by atoms with Crippen molar-refractivity contribution in [2.75, 3.05) is 13.9 Å². The SMILES string of the molecule is COCOc1ccc(C(=O)C=Cc2sc(-c3ccc(C(F)(F)F)cc3)nc2C(C)C)cc1C. The zero-order valence-corrected chi connectivity index (χ0v) is 19.5. The lowest BCUT2D eigenvalue weighted by Gasteiger charge is -2.08. The van der Waals surface area contributed by atoms with Crippen LogP contribution in [0.4, 0.5) is 13.2 Å². The smallest absolute Gasteiger partial charge is 0.416 e. The van der Waals surface area contributed by atoms with E-state index in [1.807, 2.05) is 20.8 Å². The van der Waals surface area contributed by atoms with E-state index in [2.05, 4.69) is 4.98 Å². The van der Waals surface area contributed by atoms with Crippen LogP contribution in [0, 0.1) is 6.92 Å². The van der Waals surface area contributed by atoms with Crippen molar-refractivity contribution in [1.29, 1.82) is 0 Å². The van der Waals surface area contributed by atoms with Gasteiger partial charge in [0.1, 0.15) is 10.8 Å². The Kier molecular flexibility index (Phi) is 7.71. The molecule has 0 bridgehead atoms. The van der Waals surface area contributed by atoms with E-state index < -0.39 is 11.7 Å². The van der Waals surface area contributed by atoms with E-state index in [1.54, 1.807) is 24.3 Å². The second-order valence-electron chi connectivity index (χ2n) is 7.73. The van der Waals surface area contributed by atoms with Crippen LogP contribution < -0.4 is 4.74 Å². The maximum absolute atomic E-state index is 12.8. The Balaban J connectivity index is 1.84. The summed E-state index contributed by atoms with van der Waals surface area (Å²) in [4.78, 5) is 18.1. The Bertz CT molecular complexity index is 1150. The van der Waals surface area contributed by atoms with Gasteiger partial charge in [0.25, 0.3) is 0 Å². The number of hydrogen-bond donors (Lipinski definition) is 0. The number of hydrogen-bond acceptors (Lipinski definition) is 5. The highest BCUT2D eigenvalue weighted by molar-refractivity contribution is 7.16. The van der Waals surface area contributed by atoms with Crippen LogP contribution in [0.5, 0.6) is 5.75 Å². The summed E-state index contributed by atoms with van der Waals surface area (Å²) < 4.78 is 48.9. The van der Waals surface area contributed by atoms with E-state index in [-0.39, 0.29) is 18.5 Å². The van der Waals surface area contributed by atoms with Crippen LogP contribution in [0.15, 0.2) is 48.5 Å². The molecule has 0 spiro atoms. The highest BCUT2D eigenvalue weighted by atomic mass is 32.1. The first-order chi connectivity index (χ1) is 15.6. The molecule has 0 aliphatic carbocycles. The third kappa shape index (κ3) is 6.09. The van der Waals surface area contributed by atoms with Gasteiger partial charge in [-0.25, -0.2) is 4.98 Å². The predicted molar refractivity (Wildman–Crippen MR) is 124 cm³/mol. The van der Waals surface area contributed by atoms with Crippen molar-refractivity contribution >= 4 is 23.2 Å². The molecule has 4 nitrogen and oxygen atoms in total. The number of nitrogens with zero attached hydrogens (tertiary/aromatic N) is 1. The lowest BCUT2D eigenvalue weighted by Crippen LogP contribution is -2.03. The molecule has 1 aromatic heterocycles. The van der Waals surface area contributed by atoms with E-state index in [1.165, 1.54) is 36.7 Å². The number of ether oxygens (including phenoxy) is 2. The maximum atomic E-state index is 12.8. The Labute approximate surface area is 194 Å². The molecule has 0 aliphatic rings. The fourth-order valence-electron chi connectivity index (χ4n) is 3.14. The number of aryl methyl sites for hydroxylation is 1.